The van der Waals surface area contributed by atoms with E-state index in [0.29, 0.717) is 12.0 Å². The second kappa shape index (κ2) is 5.88. The number of carbonyl (C=O) groups excluding carboxylic acids is 1. The largest absolute Gasteiger partial charge is 0.481 e. The maximum absolute atomic E-state index is 12.5. The van der Waals surface area contributed by atoms with Gasteiger partial charge in [-0.3, -0.25) is 9.59 Å². The van der Waals surface area contributed by atoms with Gasteiger partial charge in [0, 0.05) is 11.6 Å². The number of nitrogens with one attached hydrogen (secondary N) is 1. The van der Waals surface area contributed by atoms with Gasteiger partial charge >= 0.3 is 5.97 Å². The highest BCUT2D eigenvalue weighted by atomic mass is 16.4. The van der Waals surface area contributed by atoms with Gasteiger partial charge in [-0.05, 0) is 45.2 Å². The van der Waals surface area contributed by atoms with Crippen LogP contribution in [-0.4, -0.2) is 23.0 Å². The number of rotatable bonds is 3. The third-order valence-electron chi connectivity index (χ3n) is 4.64. The molecule has 1 fully saturated rings. The summed E-state index contributed by atoms with van der Waals surface area (Å²) in [5.74, 6) is -0.996. The molecule has 1 aromatic rings. The predicted molar refractivity (Wildman–Crippen MR) is 81.4 cm³/mol. The standard InChI is InChI=1S/C17H23NO3/c1-11-7-8-12(2)13(10-11)15(19)18-14-6-4-5-9-17(14,3)16(20)21/h7-8,10,14H,4-6,9H2,1-3H3,(H,18,19)(H,20,21). The third-order valence-corrected chi connectivity index (χ3v) is 4.64. The first-order chi connectivity index (χ1) is 9.84. The number of hydrogen-bond donors (Lipinski definition) is 2. The topological polar surface area (TPSA) is 66.4 Å². The van der Waals surface area contributed by atoms with Gasteiger partial charge in [0.2, 0.25) is 0 Å². The molecule has 21 heavy (non-hydrogen) atoms. The minimum absolute atomic E-state index is 0.171. The number of carbonyl (C=O) groups is 2. The Bertz CT molecular complexity index is 567. The highest BCUT2D eigenvalue weighted by Gasteiger charge is 2.43. The van der Waals surface area contributed by atoms with Gasteiger partial charge in [0.15, 0.2) is 0 Å². The molecule has 2 N–H and O–H groups in total. The average molecular weight is 289 g/mol. The highest BCUT2D eigenvalue weighted by Crippen LogP contribution is 2.36. The maximum atomic E-state index is 12.5. The van der Waals surface area contributed by atoms with Crippen molar-refractivity contribution in [1.82, 2.24) is 5.32 Å². The molecule has 0 aromatic heterocycles. The molecule has 2 atom stereocenters. The molecule has 1 aliphatic carbocycles. The van der Waals surface area contributed by atoms with E-state index in [-0.39, 0.29) is 11.9 Å². The number of carboxylic acid groups (broad SMARTS) is 1. The summed E-state index contributed by atoms with van der Waals surface area (Å²) in [6.45, 7) is 5.58. The van der Waals surface area contributed by atoms with Crippen LogP contribution in [-0.2, 0) is 4.79 Å². The van der Waals surface area contributed by atoms with Crippen molar-refractivity contribution in [3.05, 3.63) is 34.9 Å². The zero-order valence-electron chi connectivity index (χ0n) is 12.9. The van der Waals surface area contributed by atoms with Crippen molar-refractivity contribution >= 4 is 11.9 Å². The van der Waals surface area contributed by atoms with Gasteiger partial charge in [0.1, 0.15) is 0 Å². The van der Waals surface area contributed by atoms with E-state index in [1.165, 1.54) is 0 Å². The lowest BCUT2D eigenvalue weighted by Crippen LogP contribution is -2.52. The molecule has 0 saturated heterocycles. The Morgan fingerprint density at radius 1 is 1.29 bits per heavy atom. The normalized spacial score (nSPS) is 25.4. The SMILES string of the molecule is Cc1ccc(C)c(C(=O)NC2CCCCC2(C)C(=O)O)c1. The molecule has 0 bridgehead atoms. The Morgan fingerprint density at radius 2 is 2.00 bits per heavy atom. The van der Waals surface area contributed by atoms with Crippen LogP contribution in [0.3, 0.4) is 0 Å². The molecule has 4 heteroatoms. The van der Waals surface area contributed by atoms with E-state index in [2.05, 4.69) is 5.32 Å². The summed E-state index contributed by atoms with van der Waals surface area (Å²) in [5, 5.41) is 12.5. The summed E-state index contributed by atoms with van der Waals surface area (Å²) in [4.78, 5) is 24.1. The molecule has 1 aliphatic rings. The van der Waals surface area contributed by atoms with Crippen LogP contribution in [0.4, 0.5) is 0 Å². The molecule has 2 unspecified atom stereocenters. The van der Waals surface area contributed by atoms with Crippen molar-refractivity contribution in [3.8, 4) is 0 Å². The summed E-state index contributed by atoms with van der Waals surface area (Å²) < 4.78 is 0. The van der Waals surface area contributed by atoms with Crippen LogP contribution < -0.4 is 5.32 Å². The molecule has 4 nitrogen and oxygen atoms in total. The first kappa shape index (κ1) is 15.5. The summed E-state index contributed by atoms with van der Waals surface area (Å²) in [7, 11) is 0. The van der Waals surface area contributed by atoms with Crippen molar-refractivity contribution in [2.75, 3.05) is 0 Å². The summed E-state index contributed by atoms with van der Waals surface area (Å²) in [6.07, 6.45) is 3.19. The number of carboxylic acids is 1. The second-order valence-corrected chi connectivity index (χ2v) is 6.31. The van der Waals surface area contributed by atoms with Gasteiger partial charge in [0.25, 0.3) is 5.91 Å². The number of amides is 1. The fraction of sp³-hybridized carbons (Fsp3) is 0.529. The predicted octanol–water partition coefficient (Wildman–Crippen LogP) is 3.07. The van der Waals surface area contributed by atoms with Crippen molar-refractivity contribution in [1.29, 1.82) is 0 Å². The molecule has 0 spiro atoms. The van der Waals surface area contributed by atoms with E-state index in [1.54, 1.807) is 6.92 Å². The minimum Gasteiger partial charge on any atom is -0.481 e. The fourth-order valence-electron chi connectivity index (χ4n) is 3.04. The van der Waals surface area contributed by atoms with Gasteiger partial charge in [0.05, 0.1) is 5.41 Å². The van der Waals surface area contributed by atoms with E-state index in [0.717, 1.165) is 30.4 Å². The van der Waals surface area contributed by atoms with Gasteiger partial charge in [-0.1, -0.05) is 30.5 Å². The lowest BCUT2D eigenvalue weighted by molar-refractivity contribution is -0.151. The van der Waals surface area contributed by atoms with Crippen LogP contribution >= 0.6 is 0 Å². The van der Waals surface area contributed by atoms with Crippen molar-refractivity contribution in [2.45, 2.75) is 52.5 Å². The second-order valence-electron chi connectivity index (χ2n) is 6.31. The highest BCUT2D eigenvalue weighted by molar-refractivity contribution is 5.96. The summed E-state index contributed by atoms with van der Waals surface area (Å²) in [5.41, 5.74) is 1.70. The van der Waals surface area contributed by atoms with Crippen LogP contribution in [0.2, 0.25) is 0 Å². The molecule has 1 saturated carbocycles. The number of hydrogen-bond acceptors (Lipinski definition) is 2. The van der Waals surface area contributed by atoms with Crippen LogP contribution in [0.5, 0.6) is 0 Å². The maximum Gasteiger partial charge on any atom is 0.311 e. The quantitative estimate of drug-likeness (QED) is 0.898. The molecule has 1 aromatic carbocycles. The molecule has 0 heterocycles. The van der Waals surface area contributed by atoms with Crippen molar-refractivity contribution in [3.63, 3.8) is 0 Å². The Labute approximate surface area is 125 Å². The van der Waals surface area contributed by atoms with E-state index in [9.17, 15) is 14.7 Å². The smallest absolute Gasteiger partial charge is 0.311 e. The van der Waals surface area contributed by atoms with Crippen molar-refractivity contribution < 1.29 is 14.7 Å². The minimum atomic E-state index is -0.869. The van der Waals surface area contributed by atoms with E-state index in [1.807, 2.05) is 32.0 Å². The van der Waals surface area contributed by atoms with E-state index >= 15 is 0 Å². The van der Waals surface area contributed by atoms with E-state index in [4.69, 9.17) is 0 Å². The van der Waals surface area contributed by atoms with Crippen LogP contribution in [0.1, 0.15) is 54.1 Å². The Balaban J connectivity index is 2.21. The molecule has 0 radical (unpaired) electrons. The fourth-order valence-corrected chi connectivity index (χ4v) is 3.04. The Hall–Kier alpha value is -1.84. The van der Waals surface area contributed by atoms with Crippen LogP contribution in [0, 0.1) is 19.3 Å². The molecular weight excluding hydrogens is 266 g/mol. The van der Waals surface area contributed by atoms with Crippen LogP contribution in [0.25, 0.3) is 0 Å². The molecule has 1 amide bonds. The first-order valence-corrected chi connectivity index (χ1v) is 7.46. The molecular formula is C17H23NO3. The lowest BCUT2D eigenvalue weighted by Gasteiger charge is -2.38. The van der Waals surface area contributed by atoms with E-state index < -0.39 is 11.4 Å². The number of benzene rings is 1. The number of aryl methyl sites for hydroxylation is 2. The lowest BCUT2D eigenvalue weighted by atomic mass is 9.71. The zero-order valence-corrected chi connectivity index (χ0v) is 12.9. The molecule has 114 valence electrons. The number of aliphatic carboxylic acids is 1. The Morgan fingerprint density at radius 3 is 2.67 bits per heavy atom. The van der Waals surface area contributed by atoms with Gasteiger partial charge in [-0.25, -0.2) is 0 Å². The van der Waals surface area contributed by atoms with Gasteiger partial charge in [-0.15, -0.1) is 0 Å². The average Bonchev–Trinajstić information content (AvgIpc) is 2.43. The monoisotopic (exact) mass is 289 g/mol. The summed E-state index contributed by atoms with van der Waals surface area (Å²) in [6, 6.07) is 5.43. The van der Waals surface area contributed by atoms with Gasteiger partial charge < -0.3 is 10.4 Å². The summed E-state index contributed by atoms with van der Waals surface area (Å²) >= 11 is 0. The molecule has 0 aliphatic heterocycles. The molecule has 2 rings (SSSR count). The van der Waals surface area contributed by atoms with Gasteiger partial charge in [-0.2, -0.15) is 0 Å². The first-order valence-electron chi connectivity index (χ1n) is 7.46. The van der Waals surface area contributed by atoms with Crippen molar-refractivity contribution in [2.24, 2.45) is 5.41 Å². The zero-order chi connectivity index (χ0) is 15.6. The third kappa shape index (κ3) is 3.09. The Kier molecular flexibility index (Phi) is 4.35. The van der Waals surface area contributed by atoms with Crippen LogP contribution in [0.15, 0.2) is 18.2 Å².